The number of carbonyl (C=O) groups is 2. The molecule has 0 atom stereocenters. The Morgan fingerprint density at radius 1 is 0.649 bits per heavy atom. The molecule has 0 saturated carbocycles. The fraction of sp³-hybridized carbons (Fsp3) is 0.481. The summed E-state index contributed by atoms with van der Waals surface area (Å²) in [5, 5.41) is 9.52. The highest BCUT2D eigenvalue weighted by Crippen LogP contribution is 2.42. The predicted octanol–water partition coefficient (Wildman–Crippen LogP) is 13.1. The molecule has 2 aromatic carbocycles. The van der Waals surface area contributed by atoms with E-state index in [1.807, 2.05) is 48.5 Å². The Morgan fingerprint density at radius 3 is 1.52 bits per heavy atom. The minimum absolute atomic E-state index is 0.199. The number of hydrogen-bond donors (Lipinski definition) is 1. The molecule has 0 aliphatic heterocycles. The van der Waals surface area contributed by atoms with Crippen molar-refractivity contribution in [2.75, 3.05) is 53.2 Å². The number of aromatic nitrogens is 8. The first-order valence-corrected chi connectivity index (χ1v) is 35.1. The molecule has 18 nitrogen and oxygen atoms in total. The number of ether oxygens (including phenoxy) is 8. The van der Waals surface area contributed by atoms with Crippen LogP contribution in [0, 0.1) is 0 Å². The summed E-state index contributed by atoms with van der Waals surface area (Å²) >= 11 is 8.56. The van der Waals surface area contributed by atoms with Gasteiger partial charge < -0.3 is 37.9 Å². The number of thioether (sulfide) groups is 1. The van der Waals surface area contributed by atoms with Crippen molar-refractivity contribution < 1.29 is 47.5 Å². The van der Waals surface area contributed by atoms with Crippen LogP contribution in [0.15, 0.2) is 82.9 Å². The third-order valence-corrected chi connectivity index (χ3v) is 16.0. The van der Waals surface area contributed by atoms with Crippen molar-refractivity contribution in [3.05, 3.63) is 88.9 Å². The summed E-state index contributed by atoms with van der Waals surface area (Å²) in [6.07, 6.45) is 4.11. The van der Waals surface area contributed by atoms with Crippen LogP contribution >= 0.6 is 40.3 Å². The number of carbonyl (C=O) groups excluding carboxylic acids is 2. The molecule has 0 aliphatic rings. The zero-order chi connectivity index (χ0) is 56.7. The van der Waals surface area contributed by atoms with Crippen LogP contribution in [0.25, 0.3) is 22.3 Å². The molecule has 0 fully saturated rings. The lowest BCUT2D eigenvalue weighted by Crippen LogP contribution is -2.22. The number of rotatable bonds is 26. The highest BCUT2D eigenvalue weighted by molar-refractivity contribution is 9.10. The average Bonchev–Trinajstić information content (AvgIpc) is 3.96. The monoisotopic (exact) mass is 1200 g/mol. The van der Waals surface area contributed by atoms with E-state index in [-0.39, 0.29) is 43.7 Å². The number of pyridine rings is 2. The summed E-state index contributed by atoms with van der Waals surface area (Å²) in [5.74, 6) is 3.53. The molecule has 77 heavy (non-hydrogen) atoms. The largest absolute Gasteiger partial charge is 0.481 e. The minimum Gasteiger partial charge on any atom is -0.481 e. The van der Waals surface area contributed by atoms with E-state index in [0.29, 0.717) is 70.6 Å². The van der Waals surface area contributed by atoms with E-state index >= 15 is 0 Å². The summed E-state index contributed by atoms with van der Waals surface area (Å²) in [6, 6.07) is 22.7. The number of esters is 2. The van der Waals surface area contributed by atoms with Crippen LogP contribution in [-0.2, 0) is 42.0 Å². The van der Waals surface area contributed by atoms with Gasteiger partial charge in [-0.3, -0.25) is 9.59 Å². The number of benzene rings is 2. The van der Waals surface area contributed by atoms with Gasteiger partial charge in [0.15, 0.2) is 0 Å². The molecule has 0 saturated heterocycles. The number of halogens is 1. The molecule has 0 N–H and O–H groups in total. The summed E-state index contributed by atoms with van der Waals surface area (Å²) in [6.45, 7) is 24.3. The molecule has 420 valence electrons. The van der Waals surface area contributed by atoms with E-state index in [1.165, 1.54) is 26.0 Å². The highest BCUT2D eigenvalue weighted by atomic mass is 79.9. The van der Waals surface area contributed by atoms with Gasteiger partial charge in [-0.15, -0.1) is 10.2 Å². The molecule has 0 amide bonds. The van der Waals surface area contributed by atoms with Crippen LogP contribution in [-0.4, -0.2) is 121 Å². The Labute approximate surface area is 474 Å². The van der Waals surface area contributed by atoms with Crippen LogP contribution in [0.1, 0.15) is 63.5 Å². The van der Waals surface area contributed by atoms with Gasteiger partial charge in [0.05, 0.1) is 41.3 Å². The second kappa shape index (κ2) is 31.9. The zero-order valence-corrected chi connectivity index (χ0v) is 52.3. The highest BCUT2D eigenvalue weighted by Gasteiger charge is 2.23. The third kappa shape index (κ3) is 21.8. The summed E-state index contributed by atoms with van der Waals surface area (Å²) in [4.78, 5) is 39.3. The van der Waals surface area contributed by atoms with Crippen molar-refractivity contribution in [1.29, 1.82) is 0 Å². The second-order valence-electron chi connectivity index (χ2n) is 20.4. The fourth-order valence-corrected chi connectivity index (χ4v) is 9.62. The van der Waals surface area contributed by atoms with E-state index in [2.05, 4.69) is 143 Å². The number of hydrogen-bond acceptors (Lipinski definition) is 18. The van der Waals surface area contributed by atoms with Gasteiger partial charge in [-0.05, 0) is 74.2 Å². The molecule has 0 unspecified atom stereocenters. The molecule has 6 aromatic rings. The molecule has 23 heteroatoms. The molecule has 0 aliphatic carbocycles. The fourth-order valence-electron chi connectivity index (χ4n) is 6.83. The molecular weight excluding hydrogens is 1120 g/mol. The Balaban J connectivity index is 0.000000299. The van der Waals surface area contributed by atoms with E-state index in [0.717, 1.165) is 51.2 Å². The van der Waals surface area contributed by atoms with Gasteiger partial charge in [0.2, 0.25) is 21.7 Å². The van der Waals surface area contributed by atoms with Gasteiger partial charge in [0.25, 0.3) is 0 Å². The van der Waals surface area contributed by atoms with E-state index in [1.54, 1.807) is 36.0 Å². The average molecular weight is 1200 g/mol. The lowest BCUT2D eigenvalue weighted by molar-refractivity contribution is -0.140. The van der Waals surface area contributed by atoms with Crippen molar-refractivity contribution >= 4 is 68.4 Å². The smallest absolute Gasteiger partial charge is 0.323 e. The lowest BCUT2D eigenvalue weighted by Gasteiger charge is -2.18. The van der Waals surface area contributed by atoms with Crippen LogP contribution in [0.3, 0.4) is 0 Å². The van der Waals surface area contributed by atoms with Crippen LogP contribution in [0.2, 0.25) is 51.4 Å². The number of nitrogens with zero attached hydrogens (tertiary/aromatic N) is 8. The third-order valence-electron chi connectivity index (χ3n) is 11.2. The minimum atomic E-state index is -1.23. The second-order valence-corrected chi connectivity index (χ2v) is 33.9. The van der Waals surface area contributed by atoms with Gasteiger partial charge in [-0.1, -0.05) is 115 Å². The first-order chi connectivity index (χ1) is 36.6. The summed E-state index contributed by atoms with van der Waals surface area (Å²) in [5.41, 5.74) is 5.80. The molecule has 0 radical (unpaired) electrons. The zero-order valence-electron chi connectivity index (χ0n) is 47.0. The van der Waals surface area contributed by atoms with Gasteiger partial charge in [-0.25, -0.2) is 9.97 Å². The van der Waals surface area contributed by atoms with E-state index < -0.39 is 16.1 Å². The maximum Gasteiger partial charge on any atom is 0.323 e. The van der Waals surface area contributed by atoms with E-state index in [9.17, 15) is 9.59 Å². The first-order valence-electron chi connectivity index (χ1n) is 25.3. The standard InChI is InChI=1S/C27H38N4O5SSi.C23H31BrN4O3Si.C4H8O2S/c1-19(2)21-9-8-10-22(20-11-13-28-23(17-20)33-3)25(21)36-27-29-26(37-15-12-24(32)34-4)30-31(27)18-35-14-16-38(5,6)7;1-16(2)18-8-7-9-19(17-10-11-25-20(14-17)29-3)21(18)31-23-26-22(24)27-28(23)15-30-12-13-32(4,5)6;1-6-4(5)2-3-7/h8-11,13,17,19H,12,14-16,18H2,1-7H3;7-11,14,16H,12-13,15H2,1-6H3;7H,2-3H2,1H3. The molecule has 0 bridgehead atoms. The van der Waals surface area contributed by atoms with Crippen LogP contribution in [0.4, 0.5) is 0 Å². The quantitative estimate of drug-likeness (QED) is 0.0177. The lowest BCUT2D eigenvalue weighted by atomic mass is 9.96. The number of para-hydroxylation sites is 2. The molecule has 4 heterocycles. The molecular formula is C54H77BrN8O10S2Si2. The van der Waals surface area contributed by atoms with Crippen molar-refractivity contribution in [2.45, 2.75) is 122 Å². The SMILES string of the molecule is COC(=O)CCS.COC(=O)CCSc1nc(Oc2c(-c3ccnc(OC)c3)cccc2C(C)C)n(COCC[Si](C)(C)C)n1.COc1cc(-c2cccc(C(C)C)c2Oc2nc(Br)nn2COCC[Si](C)(C)C)ccn1. The summed E-state index contributed by atoms with van der Waals surface area (Å²) < 4.78 is 48.2. The maximum atomic E-state index is 11.6. The van der Waals surface area contributed by atoms with Crippen LogP contribution in [0.5, 0.6) is 35.3 Å². The Hall–Kier alpha value is -5.31. The van der Waals surface area contributed by atoms with Crippen molar-refractivity contribution in [1.82, 2.24) is 39.5 Å². The number of methoxy groups -OCH3 is 4. The van der Waals surface area contributed by atoms with E-state index in [4.69, 9.17) is 33.2 Å². The van der Waals surface area contributed by atoms with Crippen molar-refractivity contribution in [3.63, 3.8) is 0 Å². The Morgan fingerprint density at radius 2 is 1.10 bits per heavy atom. The normalized spacial score (nSPS) is 11.4. The van der Waals surface area contributed by atoms with Crippen molar-refractivity contribution in [2.24, 2.45) is 0 Å². The first kappa shape index (κ1) is 64.2. The Kier molecular flexibility index (Phi) is 26.6. The molecule has 4 aromatic heterocycles. The Bertz CT molecular complexity index is 2790. The van der Waals surface area contributed by atoms with Gasteiger partial charge in [0, 0.05) is 76.5 Å². The topological polar surface area (TPSA) is 195 Å². The van der Waals surface area contributed by atoms with Gasteiger partial charge in [0.1, 0.15) is 25.0 Å². The molecule has 6 rings (SSSR count). The maximum absolute atomic E-state index is 11.6. The van der Waals surface area contributed by atoms with Crippen LogP contribution < -0.4 is 18.9 Å². The predicted molar refractivity (Wildman–Crippen MR) is 315 cm³/mol. The summed E-state index contributed by atoms with van der Waals surface area (Å²) in [7, 11) is 3.55. The number of thiol groups is 1. The van der Waals surface area contributed by atoms with Gasteiger partial charge >= 0.3 is 24.0 Å². The van der Waals surface area contributed by atoms with Gasteiger partial charge in [-0.2, -0.15) is 32.0 Å². The van der Waals surface area contributed by atoms with Crippen molar-refractivity contribution in [3.8, 4) is 57.5 Å². The molecule has 0 spiro atoms.